The molecule has 2 N–H and O–H groups in total. The quantitative estimate of drug-likeness (QED) is 0.877. The number of nitrogens with two attached hydrogens (primary N) is 1. The minimum atomic E-state index is -0.403. The fraction of sp³-hybridized carbons (Fsp3) is 0.133. The number of carbonyl (C=O) groups excluding carboxylic acids is 1. The number of amides is 1. The lowest BCUT2D eigenvalue weighted by molar-refractivity contribution is 0.100. The van der Waals surface area contributed by atoms with Crippen LogP contribution in [-0.4, -0.2) is 5.91 Å². The Hall–Kier alpha value is -1.16. The maximum atomic E-state index is 11.0. The first-order valence-corrected chi connectivity index (χ1v) is 7.88. The van der Waals surface area contributed by atoms with E-state index in [4.69, 9.17) is 28.9 Å². The summed E-state index contributed by atoms with van der Waals surface area (Å²) in [5.41, 5.74) is 8.02. The van der Waals surface area contributed by atoms with Gasteiger partial charge >= 0.3 is 0 Å². The number of primary amides is 1. The molecule has 0 fully saturated rings. The lowest BCUT2D eigenvalue weighted by Crippen LogP contribution is -2.10. The van der Waals surface area contributed by atoms with Gasteiger partial charge in [-0.3, -0.25) is 4.79 Å². The molecule has 0 saturated carbocycles. The molecule has 0 spiro atoms. The number of hydrogen-bond donors (Lipinski definition) is 1. The van der Waals surface area contributed by atoms with Gasteiger partial charge in [0.1, 0.15) is 0 Å². The Balaban J connectivity index is 1.89. The van der Waals surface area contributed by atoms with Gasteiger partial charge in [0.05, 0.1) is 10.0 Å². The molecule has 104 valence electrons. The number of halogens is 2. The van der Waals surface area contributed by atoms with Crippen molar-refractivity contribution in [1.29, 1.82) is 0 Å². The van der Waals surface area contributed by atoms with Crippen molar-refractivity contribution in [3.63, 3.8) is 0 Å². The summed E-state index contributed by atoms with van der Waals surface area (Å²) in [5.74, 6) is 1.31. The van der Waals surface area contributed by atoms with Gasteiger partial charge in [-0.15, -0.1) is 0 Å². The third-order valence-electron chi connectivity index (χ3n) is 2.76. The van der Waals surface area contributed by atoms with Crippen LogP contribution in [0.1, 0.15) is 21.5 Å². The highest BCUT2D eigenvalue weighted by molar-refractivity contribution is 7.97. The van der Waals surface area contributed by atoms with Gasteiger partial charge in [0.2, 0.25) is 5.91 Å². The molecule has 1 amide bonds. The lowest BCUT2D eigenvalue weighted by Gasteiger charge is -2.04. The van der Waals surface area contributed by atoms with Crippen molar-refractivity contribution in [2.75, 3.05) is 0 Å². The van der Waals surface area contributed by atoms with Crippen molar-refractivity contribution >= 4 is 40.9 Å². The van der Waals surface area contributed by atoms with Crippen LogP contribution in [0.4, 0.5) is 0 Å². The van der Waals surface area contributed by atoms with Crippen molar-refractivity contribution < 1.29 is 4.79 Å². The maximum absolute atomic E-state index is 11.0. The van der Waals surface area contributed by atoms with Crippen molar-refractivity contribution in [2.45, 2.75) is 11.5 Å². The van der Waals surface area contributed by atoms with E-state index in [0.29, 0.717) is 15.6 Å². The summed E-state index contributed by atoms with van der Waals surface area (Å²) in [6.45, 7) is 0. The van der Waals surface area contributed by atoms with Crippen LogP contribution in [0.5, 0.6) is 0 Å². The van der Waals surface area contributed by atoms with E-state index >= 15 is 0 Å². The highest BCUT2D eigenvalue weighted by Gasteiger charge is 2.02. The highest BCUT2D eigenvalue weighted by Crippen LogP contribution is 2.25. The molecule has 2 rings (SSSR count). The minimum absolute atomic E-state index is 0.403. The first-order chi connectivity index (χ1) is 9.56. The molecule has 0 aliphatic heterocycles. The molecule has 0 atom stereocenters. The van der Waals surface area contributed by atoms with E-state index in [0.717, 1.165) is 22.6 Å². The standard InChI is InChI=1S/C15H13Cl2NOS/c16-13-6-3-11(7-14(13)17)9-20-8-10-1-4-12(5-2-10)15(18)19/h1-7H,8-9H2,(H2,18,19). The van der Waals surface area contributed by atoms with Crippen LogP contribution < -0.4 is 5.73 Å². The second kappa shape index (κ2) is 7.02. The first-order valence-electron chi connectivity index (χ1n) is 5.96. The zero-order valence-corrected chi connectivity index (χ0v) is 12.9. The molecule has 0 unspecified atom stereocenters. The molecule has 2 nitrogen and oxygen atoms in total. The van der Waals surface area contributed by atoms with Gasteiger partial charge in [-0.1, -0.05) is 41.4 Å². The fourth-order valence-electron chi connectivity index (χ4n) is 1.68. The summed E-state index contributed by atoms with van der Waals surface area (Å²) in [6, 6.07) is 13.0. The second-order valence-electron chi connectivity index (χ2n) is 4.30. The van der Waals surface area contributed by atoms with E-state index in [9.17, 15) is 4.79 Å². The molecule has 2 aromatic carbocycles. The number of hydrogen-bond acceptors (Lipinski definition) is 2. The average molecular weight is 326 g/mol. The Bertz CT molecular complexity index is 614. The van der Waals surface area contributed by atoms with Crippen LogP contribution in [0.2, 0.25) is 10.0 Å². The maximum Gasteiger partial charge on any atom is 0.248 e. The van der Waals surface area contributed by atoms with Gasteiger partial charge in [0.15, 0.2) is 0 Å². The first kappa shape index (κ1) is 15.2. The predicted octanol–water partition coefficient (Wildman–Crippen LogP) is 4.53. The largest absolute Gasteiger partial charge is 0.366 e. The van der Waals surface area contributed by atoms with E-state index in [2.05, 4.69) is 0 Å². The third-order valence-corrected chi connectivity index (χ3v) is 4.57. The van der Waals surface area contributed by atoms with E-state index < -0.39 is 5.91 Å². The van der Waals surface area contributed by atoms with Gasteiger partial charge in [0, 0.05) is 17.1 Å². The van der Waals surface area contributed by atoms with Crippen LogP contribution in [0.15, 0.2) is 42.5 Å². The van der Waals surface area contributed by atoms with Crippen molar-refractivity contribution in [1.82, 2.24) is 0 Å². The molecule has 5 heteroatoms. The average Bonchev–Trinajstić information content (AvgIpc) is 2.43. The highest BCUT2D eigenvalue weighted by atomic mass is 35.5. The smallest absolute Gasteiger partial charge is 0.248 e. The number of carbonyl (C=O) groups is 1. The van der Waals surface area contributed by atoms with E-state index in [1.54, 1.807) is 30.0 Å². The van der Waals surface area contributed by atoms with Crippen molar-refractivity contribution in [3.8, 4) is 0 Å². The third kappa shape index (κ3) is 4.17. The van der Waals surface area contributed by atoms with Crippen LogP contribution in [0.25, 0.3) is 0 Å². The number of benzene rings is 2. The fourth-order valence-corrected chi connectivity index (χ4v) is 2.95. The van der Waals surface area contributed by atoms with Gasteiger partial charge in [0.25, 0.3) is 0 Å². The Morgan fingerprint density at radius 2 is 1.55 bits per heavy atom. The molecule has 0 aromatic heterocycles. The van der Waals surface area contributed by atoms with Gasteiger partial charge in [-0.25, -0.2) is 0 Å². The summed E-state index contributed by atoms with van der Waals surface area (Å²) in [5, 5.41) is 1.15. The zero-order chi connectivity index (χ0) is 14.5. The number of rotatable bonds is 5. The molecule has 0 saturated heterocycles. The Morgan fingerprint density at radius 3 is 2.15 bits per heavy atom. The SMILES string of the molecule is NC(=O)c1ccc(CSCc2ccc(Cl)c(Cl)c2)cc1. The van der Waals surface area contributed by atoms with Crippen molar-refractivity contribution in [2.24, 2.45) is 5.73 Å². The zero-order valence-electron chi connectivity index (χ0n) is 10.6. The normalized spacial score (nSPS) is 10.5. The monoisotopic (exact) mass is 325 g/mol. The van der Waals surface area contributed by atoms with Gasteiger partial charge < -0.3 is 5.73 Å². The predicted molar refractivity (Wildman–Crippen MR) is 86.4 cm³/mol. The summed E-state index contributed by atoms with van der Waals surface area (Å²) < 4.78 is 0. The molecule has 0 bridgehead atoms. The topological polar surface area (TPSA) is 43.1 Å². The molecule has 0 aliphatic carbocycles. The Labute approximate surface area is 132 Å². The molecule has 20 heavy (non-hydrogen) atoms. The van der Waals surface area contributed by atoms with Crippen LogP contribution in [0, 0.1) is 0 Å². The molecular formula is C15H13Cl2NOS. The number of thioether (sulfide) groups is 1. The van der Waals surface area contributed by atoms with Gasteiger partial charge in [-0.2, -0.15) is 11.8 Å². The van der Waals surface area contributed by atoms with Crippen LogP contribution in [0.3, 0.4) is 0 Å². The molecular weight excluding hydrogens is 313 g/mol. The Kier molecular flexibility index (Phi) is 5.35. The van der Waals surface area contributed by atoms with Crippen LogP contribution >= 0.6 is 35.0 Å². The molecule has 2 aromatic rings. The summed E-state index contributed by atoms with van der Waals surface area (Å²) in [7, 11) is 0. The molecule has 0 radical (unpaired) electrons. The van der Waals surface area contributed by atoms with E-state index in [1.807, 2.05) is 24.3 Å². The van der Waals surface area contributed by atoms with E-state index in [-0.39, 0.29) is 0 Å². The Morgan fingerprint density at radius 1 is 0.950 bits per heavy atom. The minimum Gasteiger partial charge on any atom is -0.366 e. The summed E-state index contributed by atoms with van der Waals surface area (Å²) in [6.07, 6.45) is 0. The molecule has 0 aliphatic rings. The second-order valence-corrected chi connectivity index (χ2v) is 6.10. The molecule has 0 heterocycles. The lowest BCUT2D eigenvalue weighted by atomic mass is 10.1. The van der Waals surface area contributed by atoms with Gasteiger partial charge in [-0.05, 0) is 35.4 Å². The van der Waals surface area contributed by atoms with Crippen LogP contribution in [-0.2, 0) is 11.5 Å². The van der Waals surface area contributed by atoms with E-state index in [1.165, 1.54) is 0 Å². The van der Waals surface area contributed by atoms with Crippen molar-refractivity contribution in [3.05, 3.63) is 69.2 Å². The summed E-state index contributed by atoms with van der Waals surface area (Å²) in [4.78, 5) is 11.0. The summed E-state index contributed by atoms with van der Waals surface area (Å²) >= 11 is 13.6.